The molecule has 154 valence electrons. The fraction of sp³-hybridized carbons (Fsp3) is 0.350. The van der Waals surface area contributed by atoms with E-state index in [0.29, 0.717) is 12.0 Å². The third-order valence-electron chi connectivity index (χ3n) is 5.96. The molecule has 0 amide bonds. The maximum Gasteiger partial charge on any atom is 0.206 e. The quantitative estimate of drug-likeness (QED) is 0.345. The Hall–Kier alpha value is -2.04. The minimum Gasteiger partial charge on any atom is -0.356 e. The number of aromatic amines is 1. The number of fused-ring (bicyclic) bond motifs is 2. The fourth-order valence-electron chi connectivity index (χ4n) is 4.43. The van der Waals surface area contributed by atoms with Crippen LogP contribution in [0, 0.1) is 5.92 Å². The van der Waals surface area contributed by atoms with Crippen LogP contribution in [-0.2, 0) is 0 Å². The van der Waals surface area contributed by atoms with Gasteiger partial charge >= 0.3 is 0 Å². The van der Waals surface area contributed by atoms with Crippen LogP contribution in [0.3, 0.4) is 0 Å². The minimum absolute atomic E-state index is 0.0572. The molecule has 7 nitrogen and oxygen atoms in total. The van der Waals surface area contributed by atoms with Crippen LogP contribution in [-0.4, -0.2) is 44.2 Å². The minimum atomic E-state index is 0.0572. The number of anilines is 1. The number of rotatable bonds is 4. The first kappa shape index (κ1) is 18.7. The van der Waals surface area contributed by atoms with Gasteiger partial charge < -0.3 is 10.3 Å². The average molecular weight is 458 g/mol. The lowest BCUT2D eigenvalue weighted by atomic mass is 9.82. The van der Waals surface area contributed by atoms with Crippen molar-refractivity contribution < 1.29 is 0 Å². The topological polar surface area (TPSA) is 90.6 Å². The Morgan fingerprint density at radius 1 is 1.13 bits per heavy atom. The van der Waals surface area contributed by atoms with E-state index in [0.717, 1.165) is 56.8 Å². The molecule has 1 aliphatic carbocycles. The molecule has 4 atom stereocenters. The Labute approximate surface area is 186 Å². The monoisotopic (exact) mass is 457 g/mol. The predicted octanol–water partition coefficient (Wildman–Crippen LogP) is 4.08. The van der Waals surface area contributed by atoms with Crippen LogP contribution in [0.25, 0.3) is 32.3 Å². The van der Waals surface area contributed by atoms with Crippen LogP contribution in [0.15, 0.2) is 35.7 Å². The molecule has 1 saturated heterocycles. The van der Waals surface area contributed by atoms with Gasteiger partial charge in [0.25, 0.3) is 0 Å². The molecule has 4 N–H and O–H groups in total. The maximum atomic E-state index is 6.79. The van der Waals surface area contributed by atoms with E-state index in [1.165, 1.54) is 0 Å². The number of H-pyrrole nitrogens is 1. The van der Waals surface area contributed by atoms with Gasteiger partial charge in [-0.25, -0.2) is 4.98 Å². The molecule has 30 heavy (non-hydrogen) atoms. The summed E-state index contributed by atoms with van der Waals surface area (Å²) in [6.45, 7) is 0.909. The molecule has 10 heteroatoms. The van der Waals surface area contributed by atoms with Crippen molar-refractivity contribution >= 4 is 50.4 Å². The number of para-hydroxylation sites is 1. The van der Waals surface area contributed by atoms with E-state index in [9.17, 15) is 0 Å². The largest absolute Gasteiger partial charge is 0.356 e. The first-order valence-corrected chi connectivity index (χ1v) is 12.1. The first-order chi connectivity index (χ1) is 14.8. The van der Waals surface area contributed by atoms with Gasteiger partial charge in [0.2, 0.25) is 5.13 Å². The van der Waals surface area contributed by atoms with E-state index >= 15 is 0 Å². The number of hydrogen-bond acceptors (Lipinski definition) is 8. The zero-order valence-corrected chi connectivity index (χ0v) is 18.3. The molecule has 3 aromatic heterocycles. The molecular weight excluding hydrogens is 438 g/mol. The van der Waals surface area contributed by atoms with Crippen LogP contribution < -0.4 is 16.2 Å². The van der Waals surface area contributed by atoms with E-state index in [2.05, 4.69) is 48.9 Å². The molecule has 1 aromatic carbocycles. The predicted molar refractivity (Wildman–Crippen MR) is 123 cm³/mol. The maximum absolute atomic E-state index is 6.79. The fourth-order valence-corrected chi connectivity index (χ4v) is 6.38. The lowest BCUT2D eigenvalue weighted by molar-refractivity contribution is 0.320. The summed E-state index contributed by atoms with van der Waals surface area (Å²) in [5.74, 6) is 1.31. The highest BCUT2D eigenvalue weighted by Gasteiger charge is 2.41. The van der Waals surface area contributed by atoms with Gasteiger partial charge in [0.15, 0.2) is 5.01 Å². The molecule has 0 bridgehead atoms. The number of nitrogens with zero attached hydrogens (tertiary/aromatic N) is 3. The highest BCUT2D eigenvalue weighted by Crippen LogP contribution is 2.36. The van der Waals surface area contributed by atoms with Gasteiger partial charge in [-0.05, 0) is 36.4 Å². The van der Waals surface area contributed by atoms with E-state index in [4.69, 9.17) is 16.6 Å². The molecule has 2 aliphatic rings. The molecule has 2 fully saturated rings. The summed E-state index contributed by atoms with van der Waals surface area (Å²) < 4.78 is 0. The van der Waals surface area contributed by atoms with Gasteiger partial charge in [0.05, 0.1) is 21.3 Å². The smallest absolute Gasteiger partial charge is 0.206 e. The van der Waals surface area contributed by atoms with Crippen molar-refractivity contribution in [2.24, 2.45) is 5.92 Å². The van der Waals surface area contributed by atoms with Gasteiger partial charge in [-0.15, -0.1) is 33.1 Å². The average Bonchev–Trinajstić information content (AvgIpc) is 3.54. The summed E-state index contributed by atoms with van der Waals surface area (Å²) in [7, 11) is 0. The van der Waals surface area contributed by atoms with Crippen LogP contribution in [0.4, 0.5) is 5.13 Å². The molecule has 1 saturated carbocycles. The van der Waals surface area contributed by atoms with Crippen molar-refractivity contribution in [3.63, 3.8) is 0 Å². The second kappa shape index (κ2) is 7.58. The Morgan fingerprint density at radius 2 is 2.10 bits per heavy atom. The summed E-state index contributed by atoms with van der Waals surface area (Å²) in [5.41, 5.74) is 9.48. The highest BCUT2D eigenvalue weighted by molar-refractivity contribution is 7.18. The first-order valence-electron chi connectivity index (χ1n) is 10.0. The third-order valence-corrected chi connectivity index (χ3v) is 8.35. The highest BCUT2D eigenvalue weighted by atomic mass is 35.5. The number of imidazole rings is 1. The molecule has 4 unspecified atom stereocenters. The summed E-state index contributed by atoms with van der Waals surface area (Å²) in [4.78, 5) is 9.38. The summed E-state index contributed by atoms with van der Waals surface area (Å²) in [6.07, 6.45) is 2.11. The van der Waals surface area contributed by atoms with Crippen molar-refractivity contribution in [1.82, 2.24) is 31.0 Å². The molecule has 1 aliphatic heterocycles. The zero-order chi connectivity index (χ0) is 20.1. The van der Waals surface area contributed by atoms with Gasteiger partial charge in [0, 0.05) is 30.1 Å². The Bertz CT molecular complexity index is 1170. The van der Waals surface area contributed by atoms with Crippen molar-refractivity contribution in [2.75, 3.05) is 11.9 Å². The Morgan fingerprint density at radius 3 is 3.00 bits per heavy atom. The number of alkyl halides is 1. The van der Waals surface area contributed by atoms with Gasteiger partial charge in [-0.2, -0.15) is 0 Å². The number of halogens is 1. The molecule has 6 rings (SSSR count). The number of aromatic nitrogens is 4. The third kappa shape index (κ3) is 3.21. The molecule has 0 radical (unpaired) electrons. The Kier molecular flexibility index (Phi) is 4.73. The van der Waals surface area contributed by atoms with Crippen LogP contribution in [0.5, 0.6) is 0 Å². The second-order valence-electron chi connectivity index (χ2n) is 7.75. The summed E-state index contributed by atoms with van der Waals surface area (Å²) >= 11 is 10.0. The molecular formula is C20H20ClN7S2. The standard InChI is InChI=1S/C20H20ClN7S2/c21-16-11-9-22-26-12(11)6-7-13(16)24-20-28-27-19(30-20)10-3-1-4-14-17(10)25-18(23-14)15-5-2-8-29-15/h1-5,8,11-13,16,22,26H,6-7,9H2,(H,23,25)(H,24,28). The van der Waals surface area contributed by atoms with E-state index in [1.807, 2.05) is 18.2 Å². The van der Waals surface area contributed by atoms with Crippen molar-refractivity contribution in [2.45, 2.75) is 30.3 Å². The molecule has 4 heterocycles. The summed E-state index contributed by atoms with van der Waals surface area (Å²) in [5, 5.41) is 16.2. The van der Waals surface area contributed by atoms with Gasteiger partial charge in [0.1, 0.15) is 5.82 Å². The zero-order valence-electron chi connectivity index (χ0n) is 15.9. The second-order valence-corrected chi connectivity index (χ2v) is 10.2. The van der Waals surface area contributed by atoms with E-state index < -0.39 is 0 Å². The SMILES string of the molecule is ClC1C(Nc2nnc(-c3cccc4[nH]c(-c5cccs5)nc34)s2)CCC2NNCC21. The molecule has 0 spiro atoms. The number of hydrogen-bond donors (Lipinski definition) is 4. The van der Waals surface area contributed by atoms with Crippen LogP contribution in [0.1, 0.15) is 12.8 Å². The van der Waals surface area contributed by atoms with Crippen molar-refractivity contribution in [3.05, 3.63) is 35.7 Å². The van der Waals surface area contributed by atoms with Gasteiger partial charge in [-0.3, -0.25) is 10.9 Å². The Balaban J connectivity index is 1.27. The lowest BCUT2D eigenvalue weighted by Gasteiger charge is -2.35. The number of hydrazine groups is 1. The number of benzene rings is 1. The van der Waals surface area contributed by atoms with Crippen LogP contribution in [0.2, 0.25) is 0 Å². The van der Waals surface area contributed by atoms with Gasteiger partial charge in [-0.1, -0.05) is 23.5 Å². The van der Waals surface area contributed by atoms with E-state index in [1.54, 1.807) is 22.7 Å². The van der Waals surface area contributed by atoms with Crippen molar-refractivity contribution in [3.8, 4) is 21.3 Å². The summed E-state index contributed by atoms with van der Waals surface area (Å²) in [6, 6.07) is 10.9. The number of thiophene rings is 1. The van der Waals surface area contributed by atoms with Crippen LogP contribution >= 0.6 is 34.3 Å². The van der Waals surface area contributed by atoms with E-state index in [-0.39, 0.29) is 11.4 Å². The normalized spacial score (nSPS) is 26.2. The number of nitrogens with one attached hydrogen (secondary N) is 4. The van der Waals surface area contributed by atoms with Crippen molar-refractivity contribution in [1.29, 1.82) is 0 Å². The lowest BCUT2D eigenvalue weighted by Crippen LogP contribution is -2.47. The molecule has 4 aromatic rings.